The Bertz CT molecular complexity index is 757. The zero-order chi connectivity index (χ0) is 14.2. The summed E-state index contributed by atoms with van der Waals surface area (Å²) >= 11 is 3.19. The van der Waals surface area contributed by atoms with E-state index >= 15 is 0 Å². The van der Waals surface area contributed by atoms with Crippen LogP contribution in [0, 0.1) is 6.92 Å². The molecule has 3 heterocycles. The summed E-state index contributed by atoms with van der Waals surface area (Å²) in [6.45, 7) is 2.84. The maximum atomic E-state index is 4.71. The van der Waals surface area contributed by atoms with Crippen molar-refractivity contribution >= 4 is 28.1 Å². The molecule has 1 saturated carbocycles. The minimum atomic E-state index is 0.683. The third-order valence-corrected chi connectivity index (χ3v) is 5.08. The maximum Gasteiger partial charge on any atom is 0.194 e. The molecule has 0 spiro atoms. The first-order valence-electron chi connectivity index (χ1n) is 6.94. The lowest BCUT2D eigenvalue weighted by Gasteiger charge is -2.04. The van der Waals surface area contributed by atoms with Gasteiger partial charge in [-0.25, -0.2) is 15.0 Å². The summed E-state index contributed by atoms with van der Waals surface area (Å²) in [7, 11) is 0. The number of hydrogen-bond acceptors (Lipinski definition) is 6. The summed E-state index contributed by atoms with van der Waals surface area (Å²) in [5, 5.41) is 7.38. The number of hydrogen-bond donors (Lipinski definition) is 1. The summed E-state index contributed by atoms with van der Waals surface area (Å²) in [6.07, 6.45) is 8.34. The molecule has 0 bridgehead atoms. The number of aryl methyl sites for hydroxylation is 1. The minimum Gasteiger partial charge on any atom is -0.308 e. The normalized spacial score (nSPS) is 14.9. The molecule has 3 aromatic heterocycles. The van der Waals surface area contributed by atoms with Crippen molar-refractivity contribution in [2.24, 2.45) is 0 Å². The summed E-state index contributed by atoms with van der Waals surface area (Å²) in [5.74, 6) is 0. The predicted molar refractivity (Wildman–Crippen MR) is 83.8 cm³/mol. The summed E-state index contributed by atoms with van der Waals surface area (Å²) in [6, 6.07) is 0.683. The van der Waals surface area contributed by atoms with E-state index in [1.54, 1.807) is 11.3 Å². The second kappa shape index (κ2) is 5.40. The molecule has 1 N–H and O–H groups in total. The first-order chi connectivity index (χ1) is 10.3. The van der Waals surface area contributed by atoms with Crippen LogP contribution in [0.4, 0.5) is 0 Å². The van der Waals surface area contributed by atoms with Gasteiger partial charge in [0.25, 0.3) is 0 Å². The Hall–Kier alpha value is -1.44. The molecule has 0 saturated heterocycles. The molecule has 108 valence electrons. The van der Waals surface area contributed by atoms with Gasteiger partial charge in [-0.15, -0.1) is 11.3 Å². The minimum absolute atomic E-state index is 0.683. The molecule has 1 aliphatic rings. The van der Waals surface area contributed by atoms with Gasteiger partial charge in [0.2, 0.25) is 0 Å². The third-order valence-electron chi connectivity index (χ3n) is 3.41. The molecular formula is C14H15N5S2. The smallest absolute Gasteiger partial charge is 0.194 e. The number of nitrogens with zero attached hydrogens (tertiary/aromatic N) is 4. The summed E-state index contributed by atoms with van der Waals surface area (Å²) in [5.41, 5.74) is 2.27. The van der Waals surface area contributed by atoms with Crippen molar-refractivity contribution in [3.8, 4) is 0 Å². The highest BCUT2D eigenvalue weighted by atomic mass is 32.2. The van der Waals surface area contributed by atoms with Gasteiger partial charge in [-0.1, -0.05) is 0 Å². The van der Waals surface area contributed by atoms with Crippen LogP contribution < -0.4 is 5.32 Å². The highest BCUT2D eigenvalue weighted by Crippen LogP contribution is 2.30. The molecule has 7 heteroatoms. The van der Waals surface area contributed by atoms with E-state index in [1.807, 2.05) is 19.3 Å². The molecule has 0 aliphatic heterocycles. The van der Waals surface area contributed by atoms with Crippen LogP contribution in [0.5, 0.6) is 0 Å². The van der Waals surface area contributed by atoms with Gasteiger partial charge in [0.1, 0.15) is 5.03 Å². The van der Waals surface area contributed by atoms with Crippen LogP contribution in [0.1, 0.15) is 24.1 Å². The number of aromatic nitrogens is 4. The van der Waals surface area contributed by atoms with Crippen LogP contribution in [0.3, 0.4) is 0 Å². The van der Waals surface area contributed by atoms with Gasteiger partial charge in [0, 0.05) is 36.6 Å². The van der Waals surface area contributed by atoms with E-state index in [1.165, 1.54) is 30.3 Å². The van der Waals surface area contributed by atoms with E-state index in [4.69, 9.17) is 4.98 Å². The van der Waals surface area contributed by atoms with E-state index in [-0.39, 0.29) is 0 Å². The standard InChI is InChI=1S/C14H15N5S2/c1-9-6-16-13(17-7-9)21-12-11(8-15-10-2-3-10)19-4-5-20-14(19)18-12/h4-7,10,15H,2-3,8H2,1H3. The van der Waals surface area contributed by atoms with Crippen LogP contribution in [-0.2, 0) is 6.54 Å². The van der Waals surface area contributed by atoms with Gasteiger partial charge in [-0.05, 0) is 37.1 Å². The largest absolute Gasteiger partial charge is 0.308 e. The van der Waals surface area contributed by atoms with Gasteiger partial charge in [0.15, 0.2) is 10.1 Å². The van der Waals surface area contributed by atoms with E-state index in [9.17, 15) is 0 Å². The predicted octanol–water partition coefficient (Wildman–Crippen LogP) is 2.90. The zero-order valence-electron chi connectivity index (χ0n) is 11.6. The highest BCUT2D eigenvalue weighted by Gasteiger charge is 2.22. The summed E-state index contributed by atoms with van der Waals surface area (Å²) < 4.78 is 2.16. The van der Waals surface area contributed by atoms with E-state index in [0.717, 1.165) is 27.3 Å². The van der Waals surface area contributed by atoms with Gasteiger partial charge in [-0.2, -0.15) is 0 Å². The Kier molecular flexibility index (Phi) is 3.40. The van der Waals surface area contributed by atoms with Gasteiger partial charge in [-0.3, -0.25) is 4.40 Å². The Balaban J connectivity index is 1.64. The van der Waals surface area contributed by atoms with Crippen LogP contribution in [0.15, 0.2) is 34.2 Å². The van der Waals surface area contributed by atoms with Crippen LogP contribution >= 0.6 is 23.1 Å². The molecule has 3 aromatic rings. The number of nitrogens with one attached hydrogen (secondary N) is 1. The first-order valence-corrected chi connectivity index (χ1v) is 8.63. The molecule has 0 aromatic carbocycles. The van der Waals surface area contributed by atoms with Crippen molar-refractivity contribution in [2.45, 2.75) is 42.5 Å². The molecule has 1 aliphatic carbocycles. The molecular weight excluding hydrogens is 302 g/mol. The topological polar surface area (TPSA) is 55.1 Å². The Morgan fingerprint density at radius 3 is 2.95 bits per heavy atom. The average molecular weight is 317 g/mol. The monoisotopic (exact) mass is 317 g/mol. The van der Waals surface area contributed by atoms with Gasteiger partial charge < -0.3 is 5.32 Å². The molecule has 0 atom stereocenters. The third kappa shape index (κ3) is 2.81. The van der Waals surface area contributed by atoms with Crippen molar-refractivity contribution < 1.29 is 0 Å². The Morgan fingerprint density at radius 2 is 2.19 bits per heavy atom. The molecule has 0 unspecified atom stereocenters. The van der Waals surface area contributed by atoms with Crippen LogP contribution in [0.2, 0.25) is 0 Å². The molecule has 1 fully saturated rings. The van der Waals surface area contributed by atoms with E-state index < -0.39 is 0 Å². The lowest BCUT2D eigenvalue weighted by Crippen LogP contribution is -2.16. The maximum absolute atomic E-state index is 4.71. The first kappa shape index (κ1) is 13.2. The second-order valence-corrected chi connectivity index (χ2v) is 7.05. The van der Waals surface area contributed by atoms with Gasteiger partial charge >= 0.3 is 0 Å². The lowest BCUT2D eigenvalue weighted by molar-refractivity contribution is 0.661. The van der Waals surface area contributed by atoms with Crippen molar-refractivity contribution in [3.63, 3.8) is 0 Å². The lowest BCUT2D eigenvalue weighted by atomic mass is 10.4. The molecule has 21 heavy (non-hydrogen) atoms. The van der Waals surface area contributed by atoms with Crippen molar-refractivity contribution in [1.29, 1.82) is 0 Å². The number of rotatable bonds is 5. The van der Waals surface area contributed by atoms with Crippen molar-refractivity contribution in [2.75, 3.05) is 0 Å². The Labute approximate surface area is 130 Å². The van der Waals surface area contributed by atoms with Crippen LogP contribution in [-0.4, -0.2) is 25.4 Å². The quantitative estimate of drug-likeness (QED) is 0.733. The molecule has 4 rings (SSSR count). The fourth-order valence-corrected chi connectivity index (χ4v) is 3.70. The molecule has 0 radical (unpaired) electrons. The fourth-order valence-electron chi connectivity index (χ4n) is 2.10. The average Bonchev–Trinajstić information content (AvgIpc) is 3.10. The number of fused-ring (bicyclic) bond motifs is 1. The van der Waals surface area contributed by atoms with E-state index in [2.05, 4.69) is 31.3 Å². The SMILES string of the molecule is Cc1cnc(Sc2nc3sccn3c2CNC2CC2)nc1. The van der Waals surface area contributed by atoms with Crippen molar-refractivity contribution in [3.05, 3.63) is 35.2 Å². The second-order valence-electron chi connectivity index (χ2n) is 5.22. The van der Waals surface area contributed by atoms with E-state index in [0.29, 0.717) is 6.04 Å². The van der Waals surface area contributed by atoms with Crippen molar-refractivity contribution in [1.82, 2.24) is 24.7 Å². The number of thiazole rings is 1. The van der Waals surface area contributed by atoms with Gasteiger partial charge in [0.05, 0.1) is 5.69 Å². The van der Waals surface area contributed by atoms with Crippen LogP contribution in [0.25, 0.3) is 4.96 Å². The molecule has 0 amide bonds. The fraction of sp³-hybridized carbons (Fsp3) is 0.357. The Morgan fingerprint density at radius 1 is 1.38 bits per heavy atom. The highest BCUT2D eigenvalue weighted by molar-refractivity contribution is 7.99. The summed E-state index contributed by atoms with van der Waals surface area (Å²) in [4.78, 5) is 14.5. The zero-order valence-corrected chi connectivity index (χ0v) is 13.2. The number of imidazole rings is 1. The molecule has 5 nitrogen and oxygen atoms in total.